The molecule has 2 rings (SSSR count). The third-order valence-corrected chi connectivity index (χ3v) is 6.41. The molecule has 1 aromatic carbocycles. The summed E-state index contributed by atoms with van der Waals surface area (Å²) < 4.78 is 27.5. The molecule has 0 bridgehead atoms. The van der Waals surface area contributed by atoms with Crippen LogP contribution >= 0.6 is 34.5 Å². The van der Waals surface area contributed by atoms with Crippen LogP contribution in [-0.2, 0) is 16.6 Å². The van der Waals surface area contributed by atoms with Gasteiger partial charge in [-0.1, -0.05) is 23.2 Å². The zero-order chi connectivity index (χ0) is 15.6. The fourth-order valence-electron chi connectivity index (χ4n) is 1.73. The van der Waals surface area contributed by atoms with E-state index >= 15 is 0 Å². The number of rotatable bonds is 5. The van der Waals surface area contributed by atoms with Crippen LogP contribution in [0.3, 0.4) is 0 Å². The van der Waals surface area contributed by atoms with E-state index in [1.165, 1.54) is 17.4 Å². The lowest BCUT2D eigenvalue weighted by atomic mass is 10.3. The molecule has 114 valence electrons. The van der Waals surface area contributed by atoms with E-state index in [1.54, 1.807) is 18.2 Å². The highest BCUT2D eigenvalue weighted by molar-refractivity contribution is 7.94. The molecule has 0 spiro atoms. The molecule has 8 heteroatoms. The van der Waals surface area contributed by atoms with E-state index in [4.69, 9.17) is 23.2 Å². The summed E-state index contributed by atoms with van der Waals surface area (Å²) in [7, 11) is -1.86. The lowest BCUT2D eigenvalue weighted by Gasteiger charge is -2.08. The Labute approximate surface area is 138 Å². The number of thiophene rings is 1. The average molecular weight is 365 g/mol. The molecule has 1 heterocycles. The van der Waals surface area contributed by atoms with Gasteiger partial charge < -0.3 is 5.32 Å². The summed E-state index contributed by atoms with van der Waals surface area (Å²) in [5.74, 6) is 0. The molecule has 2 aromatic rings. The van der Waals surface area contributed by atoms with Gasteiger partial charge in [-0.25, -0.2) is 8.42 Å². The van der Waals surface area contributed by atoms with Gasteiger partial charge in [0.15, 0.2) is 0 Å². The van der Waals surface area contributed by atoms with E-state index in [-0.39, 0.29) is 9.90 Å². The Hall–Kier alpha value is -0.790. The lowest BCUT2D eigenvalue weighted by molar-refractivity contribution is 0.603. The number of anilines is 1. The van der Waals surface area contributed by atoms with E-state index in [9.17, 15) is 8.42 Å². The van der Waals surface area contributed by atoms with Crippen molar-refractivity contribution in [3.63, 3.8) is 0 Å². The Kier molecular flexibility index (Phi) is 5.16. The predicted octanol–water partition coefficient (Wildman–Crippen LogP) is 3.88. The van der Waals surface area contributed by atoms with Crippen LogP contribution in [0, 0.1) is 6.92 Å². The maximum absolute atomic E-state index is 12.4. The largest absolute Gasteiger partial charge is 0.315 e. The molecule has 4 nitrogen and oxygen atoms in total. The van der Waals surface area contributed by atoms with Crippen LogP contribution in [0.25, 0.3) is 0 Å². The maximum atomic E-state index is 12.4. The molecular formula is C13H14Cl2N2O2S2. The van der Waals surface area contributed by atoms with Gasteiger partial charge in [0.25, 0.3) is 10.0 Å². The molecule has 2 N–H and O–H groups in total. The number of halogens is 2. The smallest absolute Gasteiger partial charge is 0.271 e. The van der Waals surface area contributed by atoms with Gasteiger partial charge in [0.1, 0.15) is 4.21 Å². The third kappa shape index (κ3) is 3.90. The highest BCUT2D eigenvalue weighted by Gasteiger charge is 2.20. The fourth-order valence-corrected chi connectivity index (χ4v) is 4.79. The second kappa shape index (κ2) is 6.54. The van der Waals surface area contributed by atoms with Crippen molar-refractivity contribution in [2.45, 2.75) is 17.7 Å². The summed E-state index contributed by atoms with van der Waals surface area (Å²) >= 11 is 13.1. The molecule has 0 saturated heterocycles. The summed E-state index contributed by atoms with van der Waals surface area (Å²) in [6.45, 7) is 2.51. The van der Waals surface area contributed by atoms with Gasteiger partial charge in [0, 0.05) is 16.4 Å². The molecule has 0 aliphatic carbocycles. The fraction of sp³-hybridized carbons (Fsp3) is 0.231. The highest BCUT2D eigenvalue weighted by atomic mass is 35.5. The summed E-state index contributed by atoms with van der Waals surface area (Å²) in [6.07, 6.45) is 0. The first-order valence-electron chi connectivity index (χ1n) is 6.05. The van der Waals surface area contributed by atoms with Crippen LogP contribution < -0.4 is 10.0 Å². The van der Waals surface area contributed by atoms with E-state index in [1.807, 2.05) is 14.0 Å². The van der Waals surface area contributed by atoms with Gasteiger partial charge >= 0.3 is 0 Å². The summed E-state index contributed by atoms with van der Waals surface area (Å²) in [5.41, 5.74) is 1.21. The first-order valence-corrected chi connectivity index (χ1v) is 9.11. The molecule has 0 aliphatic heterocycles. The zero-order valence-electron chi connectivity index (χ0n) is 11.4. The number of benzene rings is 1. The summed E-state index contributed by atoms with van der Waals surface area (Å²) in [5, 5.41) is 3.72. The number of nitrogens with one attached hydrogen (secondary N) is 2. The van der Waals surface area contributed by atoms with Crippen LogP contribution in [0.15, 0.2) is 28.5 Å². The monoisotopic (exact) mass is 364 g/mol. The normalized spacial score (nSPS) is 11.6. The Morgan fingerprint density at radius 1 is 1.24 bits per heavy atom. The molecule has 0 atom stereocenters. The van der Waals surface area contributed by atoms with Crippen molar-refractivity contribution in [1.29, 1.82) is 0 Å². The van der Waals surface area contributed by atoms with E-state index < -0.39 is 10.0 Å². The molecule has 0 saturated carbocycles. The van der Waals surface area contributed by atoms with Crippen molar-refractivity contribution in [3.05, 3.63) is 44.8 Å². The van der Waals surface area contributed by atoms with Crippen molar-refractivity contribution in [1.82, 2.24) is 5.32 Å². The number of hydrogen-bond donors (Lipinski definition) is 2. The van der Waals surface area contributed by atoms with E-state index in [2.05, 4.69) is 10.0 Å². The third-order valence-electron chi connectivity index (χ3n) is 2.77. The minimum atomic E-state index is -3.67. The number of aryl methyl sites for hydroxylation is 1. The molecule has 0 radical (unpaired) electrons. The zero-order valence-corrected chi connectivity index (χ0v) is 14.6. The molecule has 0 fully saturated rings. The van der Waals surface area contributed by atoms with Gasteiger partial charge in [-0.15, -0.1) is 11.3 Å². The summed E-state index contributed by atoms with van der Waals surface area (Å²) in [6, 6.07) is 6.28. The Balaban J connectivity index is 2.34. The van der Waals surface area contributed by atoms with E-state index in [0.29, 0.717) is 16.6 Å². The van der Waals surface area contributed by atoms with Gasteiger partial charge in [-0.2, -0.15) is 0 Å². The minimum Gasteiger partial charge on any atom is -0.315 e. The molecule has 21 heavy (non-hydrogen) atoms. The van der Waals surface area contributed by atoms with Crippen molar-refractivity contribution >= 4 is 50.2 Å². The number of sulfonamides is 1. The first-order chi connectivity index (χ1) is 9.83. The van der Waals surface area contributed by atoms with Crippen molar-refractivity contribution in [3.8, 4) is 0 Å². The molecule has 1 aromatic heterocycles. The lowest BCUT2D eigenvalue weighted by Crippen LogP contribution is -2.11. The van der Waals surface area contributed by atoms with Gasteiger partial charge in [-0.3, -0.25) is 4.72 Å². The van der Waals surface area contributed by atoms with Crippen LogP contribution in [-0.4, -0.2) is 15.5 Å². The van der Waals surface area contributed by atoms with Crippen LogP contribution in [0.5, 0.6) is 0 Å². The molecule has 0 aliphatic rings. The highest BCUT2D eigenvalue weighted by Crippen LogP contribution is 2.31. The maximum Gasteiger partial charge on any atom is 0.271 e. The Morgan fingerprint density at radius 3 is 2.62 bits per heavy atom. The summed E-state index contributed by atoms with van der Waals surface area (Å²) in [4.78, 5) is 0.982. The molecule has 0 unspecified atom stereocenters. The van der Waals surface area contributed by atoms with Gasteiger partial charge in [0.05, 0.1) is 10.7 Å². The van der Waals surface area contributed by atoms with Crippen LogP contribution in [0.2, 0.25) is 10.0 Å². The van der Waals surface area contributed by atoms with Gasteiger partial charge in [-0.05, 0) is 43.8 Å². The number of hydrogen-bond acceptors (Lipinski definition) is 4. The SMILES string of the molecule is CNCc1sc(S(=O)(=O)Nc2cc(Cl)ccc2Cl)cc1C. The van der Waals surface area contributed by atoms with Crippen LogP contribution in [0.1, 0.15) is 10.4 Å². The Bertz CT molecular complexity index is 758. The van der Waals surface area contributed by atoms with E-state index in [0.717, 1.165) is 10.4 Å². The first kappa shape index (κ1) is 16.6. The minimum absolute atomic E-state index is 0.251. The molecule has 0 amide bonds. The second-order valence-corrected chi connectivity index (χ2v) is 8.32. The van der Waals surface area contributed by atoms with Crippen molar-refractivity contribution in [2.24, 2.45) is 0 Å². The van der Waals surface area contributed by atoms with Crippen molar-refractivity contribution < 1.29 is 8.42 Å². The molecular weight excluding hydrogens is 351 g/mol. The van der Waals surface area contributed by atoms with Crippen LogP contribution in [0.4, 0.5) is 5.69 Å². The topological polar surface area (TPSA) is 58.2 Å². The quantitative estimate of drug-likeness (QED) is 0.845. The average Bonchev–Trinajstić information content (AvgIpc) is 2.77. The Morgan fingerprint density at radius 2 is 1.95 bits per heavy atom. The standard InChI is InChI=1S/C13H14Cl2N2O2S2/c1-8-5-13(20-12(8)7-16-2)21(18,19)17-11-6-9(14)3-4-10(11)15/h3-6,16-17H,7H2,1-2H3. The van der Waals surface area contributed by atoms with Gasteiger partial charge in [0.2, 0.25) is 0 Å². The second-order valence-electron chi connectivity index (χ2n) is 4.43. The predicted molar refractivity (Wildman–Crippen MR) is 89.1 cm³/mol. The van der Waals surface area contributed by atoms with Crippen molar-refractivity contribution in [2.75, 3.05) is 11.8 Å².